The molecule has 336 valence electrons. The van der Waals surface area contributed by atoms with Crippen LogP contribution in [-0.4, -0.2) is 78.3 Å². The van der Waals surface area contributed by atoms with Crippen molar-refractivity contribution in [3.8, 4) is 0 Å². The molecule has 0 rings (SSSR count). The van der Waals surface area contributed by atoms with Gasteiger partial charge in [0, 0.05) is 13.2 Å². The van der Waals surface area contributed by atoms with E-state index >= 15 is 0 Å². The molecule has 0 aromatic carbocycles. The van der Waals surface area contributed by atoms with Gasteiger partial charge in [0.2, 0.25) is 0 Å². The van der Waals surface area contributed by atoms with E-state index in [2.05, 4.69) is 123 Å². The zero-order chi connectivity index (χ0) is 43.7. The number of hydrogen-bond donors (Lipinski definition) is 0. The maximum atomic E-state index is 5.78. The molecule has 6 nitrogen and oxygen atoms in total. The van der Waals surface area contributed by atoms with Gasteiger partial charge in [0.15, 0.2) is 0 Å². The zero-order valence-electron chi connectivity index (χ0n) is 40.2. The molecular formula is C50H100O6. The van der Waals surface area contributed by atoms with Crippen LogP contribution in [0.4, 0.5) is 0 Å². The van der Waals surface area contributed by atoms with Crippen LogP contribution in [0.5, 0.6) is 0 Å². The minimum absolute atomic E-state index is 0.00566. The number of ether oxygens (including phenoxy) is 6. The number of rotatable bonds is 34. The van der Waals surface area contributed by atoms with E-state index in [1.165, 1.54) is 51.4 Å². The van der Waals surface area contributed by atoms with Gasteiger partial charge in [0.05, 0.1) is 59.0 Å². The van der Waals surface area contributed by atoms with Crippen LogP contribution in [0, 0.1) is 34.5 Å². The predicted octanol–water partition coefficient (Wildman–Crippen LogP) is 14.1. The molecule has 4 atom stereocenters. The molecule has 0 aromatic rings. The molecule has 6 heteroatoms. The van der Waals surface area contributed by atoms with E-state index in [-0.39, 0.29) is 6.10 Å². The summed E-state index contributed by atoms with van der Waals surface area (Å²) in [5, 5.41) is 0. The fraction of sp³-hybridized carbons (Fsp3) is 0.840. The highest BCUT2D eigenvalue weighted by Gasteiger charge is 2.24. The fourth-order valence-corrected chi connectivity index (χ4v) is 5.75. The van der Waals surface area contributed by atoms with Crippen molar-refractivity contribution in [1.82, 2.24) is 0 Å². The van der Waals surface area contributed by atoms with Crippen LogP contribution in [0.1, 0.15) is 161 Å². The predicted molar refractivity (Wildman–Crippen MR) is 248 cm³/mol. The average Bonchev–Trinajstić information content (AvgIpc) is 3.23. The van der Waals surface area contributed by atoms with E-state index in [0.717, 1.165) is 39.3 Å². The third-order valence-electron chi connectivity index (χ3n) is 11.9. The van der Waals surface area contributed by atoms with Gasteiger partial charge < -0.3 is 28.4 Å². The van der Waals surface area contributed by atoms with Gasteiger partial charge >= 0.3 is 0 Å². The van der Waals surface area contributed by atoms with Gasteiger partial charge in [-0.15, -0.1) is 26.3 Å². The van der Waals surface area contributed by atoms with Gasteiger partial charge in [-0.3, -0.25) is 0 Å². The molecule has 0 fully saturated rings. The summed E-state index contributed by atoms with van der Waals surface area (Å²) < 4.78 is 33.8. The lowest BCUT2D eigenvalue weighted by Gasteiger charge is -2.29. The monoisotopic (exact) mass is 797 g/mol. The van der Waals surface area contributed by atoms with E-state index in [4.69, 9.17) is 28.4 Å². The first-order valence-corrected chi connectivity index (χ1v) is 22.8. The van der Waals surface area contributed by atoms with Gasteiger partial charge in [-0.25, -0.2) is 0 Å². The Hall–Kier alpha value is -1.28. The van der Waals surface area contributed by atoms with E-state index < -0.39 is 0 Å². The highest BCUT2D eigenvalue weighted by atomic mass is 16.6. The molecule has 4 unspecified atom stereocenters. The van der Waals surface area contributed by atoms with Crippen LogP contribution >= 0.6 is 0 Å². The van der Waals surface area contributed by atoms with Gasteiger partial charge in [-0.2, -0.15) is 0 Å². The maximum Gasteiger partial charge on any atom is 0.104 e. The second kappa shape index (κ2) is 43.3. The fourth-order valence-electron chi connectivity index (χ4n) is 5.75. The second-order valence-corrected chi connectivity index (χ2v) is 15.9. The van der Waals surface area contributed by atoms with Crippen LogP contribution in [0.15, 0.2) is 50.6 Å². The molecule has 0 N–H and O–H groups in total. The molecule has 0 heterocycles. The van der Waals surface area contributed by atoms with Crippen LogP contribution in [0.25, 0.3) is 0 Å². The molecule has 0 spiro atoms. The van der Waals surface area contributed by atoms with Crippen molar-refractivity contribution in [3.63, 3.8) is 0 Å². The minimum atomic E-state index is 0.00566. The standard InChI is InChI=1S/C16H32O3.C12H24O.2C11H22O/c1-6-9-19-16(12-17-10-14(4)7-2)13-18-11-15(5)8-3;1-6-9-13-12(10(4)7-2)11(5)8-3;2*1-5-9-12-10-11(6-2,7-3)8-4/h6,14-16H,1,7-13H2,2-5H3;6,10-12H,1,7-9H2,2-5H3;2*5H,1,6-10H2,2-4H3. The Balaban J connectivity index is -0.000000329. The first-order valence-electron chi connectivity index (χ1n) is 22.8. The molecular weight excluding hydrogens is 697 g/mol. The van der Waals surface area contributed by atoms with Crippen LogP contribution < -0.4 is 0 Å². The molecule has 0 radical (unpaired) electrons. The van der Waals surface area contributed by atoms with Gasteiger partial charge in [-0.1, -0.05) is 147 Å². The maximum absolute atomic E-state index is 5.78. The summed E-state index contributed by atoms with van der Waals surface area (Å²) in [6.45, 7) is 52.9. The third-order valence-corrected chi connectivity index (χ3v) is 11.9. The van der Waals surface area contributed by atoms with Gasteiger partial charge in [0.1, 0.15) is 6.10 Å². The Morgan fingerprint density at radius 3 is 1.00 bits per heavy atom. The lowest BCUT2D eigenvalue weighted by atomic mass is 9.81. The largest absolute Gasteiger partial charge is 0.378 e. The molecule has 0 amide bonds. The molecule has 0 aromatic heterocycles. The summed E-state index contributed by atoms with van der Waals surface area (Å²) >= 11 is 0. The smallest absolute Gasteiger partial charge is 0.104 e. The molecule has 0 bridgehead atoms. The molecule has 0 aliphatic rings. The molecule has 56 heavy (non-hydrogen) atoms. The van der Waals surface area contributed by atoms with Crippen molar-refractivity contribution >= 4 is 0 Å². The first kappa shape index (κ1) is 61.4. The quantitative estimate of drug-likeness (QED) is 0.0477. The highest BCUT2D eigenvalue weighted by molar-refractivity contribution is 4.77. The van der Waals surface area contributed by atoms with E-state index in [1.807, 2.05) is 18.2 Å². The lowest BCUT2D eigenvalue weighted by molar-refractivity contribution is -0.0604. The normalized spacial score (nSPS) is 14.5. The van der Waals surface area contributed by atoms with Crippen LogP contribution in [0.3, 0.4) is 0 Å². The second-order valence-electron chi connectivity index (χ2n) is 15.9. The molecule has 0 saturated heterocycles. The van der Waals surface area contributed by atoms with Gasteiger partial charge in [-0.05, 0) is 73.0 Å². The van der Waals surface area contributed by atoms with E-state index in [1.54, 1.807) is 6.08 Å². The Bertz CT molecular complexity index is 763. The van der Waals surface area contributed by atoms with E-state index in [0.29, 0.717) is 80.2 Å². The van der Waals surface area contributed by atoms with Crippen LogP contribution in [-0.2, 0) is 28.4 Å². The number of hydrogen-bond acceptors (Lipinski definition) is 6. The van der Waals surface area contributed by atoms with Crippen molar-refractivity contribution in [1.29, 1.82) is 0 Å². The summed E-state index contributed by atoms with van der Waals surface area (Å²) in [6.07, 6.45) is 19.5. The highest BCUT2D eigenvalue weighted by Crippen LogP contribution is 2.31. The van der Waals surface area contributed by atoms with Crippen LogP contribution in [0.2, 0.25) is 0 Å². The average molecular weight is 797 g/mol. The molecule has 0 aliphatic carbocycles. The summed E-state index contributed by atoms with van der Waals surface area (Å²) in [5.41, 5.74) is 0.812. The van der Waals surface area contributed by atoms with Crippen molar-refractivity contribution in [2.45, 2.75) is 173 Å². The Labute approximate surface area is 352 Å². The zero-order valence-corrected chi connectivity index (χ0v) is 40.2. The summed E-state index contributed by atoms with van der Waals surface area (Å²) in [7, 11) is 0. The Morgan fingerprint density at radius 1 is 0.411 bits per heavy atom. The summed E-state index contributed by atoms with van der Waals surface area (Å²) in [4.78, 5) is 0. The lowest BCUT2D eigenvalue weighted by Crippen LogP contribution is -2.28. The van der Waals surface area contributed by atoms with Crippen molar-refractivity contribution in [2.24, 2.45) is 34.5 Å². The Kier molecular flexibility index (Phi) is 47.5. The van der Waals surface area contributed by atoms with Crippen molar-refractivity contribution < 1.29 is 28.4 Å². The molecule has 0 saturated carbocycles. The minimum Gasteiger partial charge on any atom is -0.378 e. The van der Waals surface area contributed by atoms with Crippen molar-refractivity contribution in [2.75, 3.05) is 66.1 Å². The summed E-state index contributed by atoms with van der Waals surface area (Å²) in [5.74, 6) is 2.49. The van der Waals surface area contributed by atoms with E-state index in [9.17, 15) is 0 Å². The SMILES string of the molecule is C=CCOC(C(C)CC)C(C)CC.C=CCOC(COCC(C)CC)COCC(C)CC.C=CCOCC(CC)(CC)CC.C=CCOCC(CC)(CC)CC. The van der Waals surface area contributed by atoms with Gasteiger partial charge in [0.25, 0.3) is 0 Å². The first-order chi connectivity index (χ1) is 26.8. The molecule has 0 aliphatic heterocycles. The van der Waals surface area contributed by atoms with Crippen molar-refractivity contribution in [3.05, 3.63) is 50.6 Å². The topological polar surface area (TPSA) is 55.4 Å². The third kappa shape index (κ3) is 33.7. The summed E-state index contributed by atoms with van der Waals surface area (Å²) in [6, 6.07) is 0. The Morgan fingerprint density at radius 2 is 0.732 bits per heavy atom.